The molecule has 0 aliphatic rings. The molecule has 0 bridgehead atoms. The molecule has 1 heteroatoms. The van der Waals surface area contributed by atoms with Gasteiger partial charge in [-0.3, -0.25) is 0 Å². The molecule has 0 aliphatic heterocycles. The number of hydrogen-bond acceptors (Lipinski definition) is 1. The molecule has 0 heterocycles. The second-order valence-electron chi connectivity index (χ2n) is 1.50. The van der Waals surface area contributed by atoms with Crippen molar-refractivity contribution in [1.29, 1.82) is 0 Å². The summed E-state index contributed by atoms with van der Waals surface area (Å²) in [5.74, 6) is 0. The van der Waals surface area contributed by atoms with Crippen LogP contribution < -0.4 is 0 Å². The Morgan fingerprint density at radius 1 is 1.22 bits per heavy atom. The fourth-order valence-electron chi connectivity index (χ4n) is 0.372. The Morgan fingerprint density at radius 2 is 2.00 bits per heavy atom. The molecule has 0 saturated carbocycles. The first-order chi connectivity index (χ1) is 4.41. The van der Waals surface area contributed by atoms with E-state index in [4.69, 9.17) is 4.74 Å². The molecule has 0 atom stereocenters. The van der Waals surface area contributed by atoms with Crippen molar-refractivity contribution in [3.05, 3.63) is 30.9 Å². The average molecular weight is 125 g/mol. The van der Waals surface area contributed by atoms with E-state index in [2.05, 4.69) is 0 Å². The summed E-state index contributed by atoms with van der Waals surface area (Å²) in [5.41, 5.74) is 0. The van der Waals surface area contributed by atoms with Gasteiger partial charge in [0.25, 0.3) is 0 Å². The molecule has 0 aromatic carbocycles. The zero-order valence-corrected chi connectivity index (χ0v) is 6.00. The van der Waals surface area contributed by atoms with Gasteiger partial charge >= 0.3 is 0 Å². The summed E-state index contributed by atoms with van der Waals surface area (Å²) >= 11 is 0. The SMILES string of the molecule is C/C=C/C=C/[CH]OCC. The van der Waals surface area contributed by atoms with Gasteiger partial charge in [0.2, 0.25) is 0 Å². The highest BCUT2D eigenvalue weighted by atomic mass is 16.5. The molecule has 9 heavy (non-hydrogen) atoms. The molecule has 0 rings (SSSR count). The lowest BCUT2D eigenvalue weighted by Crippen LogP contribution is -1.80. The Balaban J connectivity index is 3.04. The van der Waals surface area contributed by atoms with E-state index in [1.165, 1.54) is 0 Å². The van der Waals surface area contributed by atoms with E-state index in [1.54, 1.807) is 6.61 Å². The van der Waals surface area contributed by atoms with E-state index in [1.807, 2.05) is 38.2 Å². The van der Waals surface area contributed by atoms with Gasteiger partial charge in [0, 0.05) is 6.61 Å². The Morgan fingerprint density at radius 3 is 2.56 bits per heavy atom. The van der Waals surface area contributed by atoms with Crippen LogP contribution in [0, 0.1) is 6.61 Å². The van der Waals surface area contributed by atoms with Gasteiger partial charge in [-0.05, 0) is 13.8 Å². The maximum atomic E-state index is 4.93. The molecule has 0 amide bonds. The number of allylic oxidation sites excluding steroid dienone is 3. The Hall–Kier alpha value is -0.560. The van der Waals surface area contributed by atoms with E-state index >= 15 is 0 Å². The van der Waals surface area contributed by atoms with Crippen LogP contribution in [0.15, 0.2) is 24.3 Å². The van der Waals surface area contributed by atoms with E-state index in [0.29, 0.717) is 0 Å². The van der Waals surface area contributed by atoms with Gasteiger partial charge in [0.05, 0.1) is 0 Å². The lowest BCUT2D eigenvalue weighted by Gasteiger charge is -1.88. The smallest absolute Gasteiger partial charge is 0.106 e. The second-order valence-corrected chi connectivity index (χ2v) is 1.50. The minimum Gasteiger partial charge on any atom is -0.371 e. The fourth-order valence-corrected chi connectivity index (χ4v) is 0.372. The van der Waals surface area contributed by atoms with Crippen molar-refractivity contribution in [2.45, 2.75) is 13.8 Å². The molecule has 0 N–H and O–H groups in total. The number of hydrogen-bond donors (Lipinski definition) is 0. The molecule has 0 aromatic rings. The molecule has 0 spiro atoms. The summed E-state index contributed by atoms with van der Waals surface area (Å²) in [6.45, 7) is 6.35. The molecule has 0 saturated heterocycles. The van der Waals surface area contributed by atoms with Crippen molar-refractivity contribution < 1.29 is 4.74 Å². The van der Waals surface area contributed by atoms with E-state index in [-0.39, 0.29) is 0 Å². The average Bonchev–Trinajstić information content (AvgIpc) is 1.89. The van der Waals surface area contributed by atoms with Gasteiger partial charge in [0.1, 0.15) is 6.61 Å². The van der Waals surface area contributed by atoms with Gasteiger partial charge < -0.3 is 4.74 Å². The quantitative estimate of drug-likeness (QED) is 0.414. The third-order valence-corrected chi connectivity index (χ3v) is 0.756. The minimum atomic E-state index is 0.736. The molecular formula is C8H13O. The van der Waals surface area contributed by atoms with Crippen molar-refractivity contribution in [3.8, 4) is 0 Å². The van der Waals surface area contributed by atoms with Gasteiger partial charge in [-0.2, -0.15) is 0 Å². The lowest BCUT2D eigenvalue weighted by molar-refractivity contribution is 0.233. The number of rotatable bonds is 4. The van der Waals surface area contributed by atoms with Crippen molar-refractivity contribution in [1.82, 2.24) is 0 Å². The molecular weight excluding hydrogens is 112 g/mol. The molecule has 0 fully saturated rings. The fraction of sp³-hybridized carbons (Fsp3) is 0.375. The molecule has 1 radical (unpaired) electrons. The standard InChI is InChI=1S/C8H13O/c1-3-5-6-7-8-9-4-2/h3,5-8H,4H2,1-2H3/b5-3+,7-6+. The zero-order chi connectivity index (χ0) is 6.95. The van der Waals surface area contributed by atoms with Crippen LogP contribution in [0.2, 0.25) is 0 Å². The van der Waals surface area contributed by atoms with E-state index < -0.39 is 0 Å². The van der Waals surface area contributed by atoms with Crippen molar-refractivity contribution in [2.24, 2.45) is 0 Å². The van der Waals surface area contributed by atoms with Crippen molar-refractivity contribution >= 4 is 0 Å². The summed E-state index contributed by atoms with van der Waals surface area (Å²) in [6.07, 6.45) is 7.71. The predicted molar refractivity (Wildman–Crippen MR) is 39.9 cm³/mol. The molecule has 51 valence electrons. The third kappa shape index (κ3) is 7.44. The lowest BCUT2D eigenvalue weighted by atomic mass is 10.4. The summed E-state index contributed by atoms with van der Waals surface area (Å²) < 4.78 is 4.93. The highest BCUT2D eigenvalue weighted by Crippen LogP contribution is 1.84. The summed E-state index contributed by atoms with van der Waals surface area (Å²) in [6, 6.07) is 0. The van der Waals surface area contributed by atoms with Crippen LogP contribution in [0.25, 0.3) is 0 Å². The Kier molecular flexibility index (Phi) is 6.98. The van der Waals surface area contributed by atoms with Crippen LogP contribution in [0.5, 0.6) is 0 Å². The van der Waals surface area contributed by atoms with Gasteiger partial charge in [-0.25, -0.2) is 0 Å². The van der Waals surface area contributed by atoms with Crippen LogP contribution in [0.1, 0.15) is 13.8 Å². The minimum absolute atomic E-state index is 0.736. The first kappa shape index (κ1) is 8.44. The van der Waals surface area contributed by atoms with Crippen LogP contribution in [-0.2, 0) is 4.74 Å². The monoisotopic (exact) mass is 125 g/mol. The topological polar surface area (TPSA) is 9.23 Å². The van der Waals surface area contributed by atoms with Crippen LogP contribution in [0.4, 0.5) is 0 Å². The van der Waals surface area contributed by atoms with E-state index in [9.17, 15) is 0 Å². The van der Waals surface area contributed by atoms with Gasteiger partial charge in [-0.15, -0.1) is 0 Å². The van der Waals surface area contributed by atoms with E-state index in [0.717, 1.165) is 6.61 Å². The molecule has 0 aromatic heterocycles. The predicted octanol–water partition coefficient (Wildman–Crippen LogP) is 2.32. The largest absolute Gasteiger partial charge is 0.371 e. The van der Waals surface area contributed by atoms with Gasteiger partial charge in [-0.1, -0.05) is 24.3 Å². The summed E-state index contributed by atoms with van der Waals surface area (Å²) in [5, 5.41) is 0. The normalized spacial score (nSPS) is 11.8. The van der Waals surface area contributed by atoms with Crippen LogP contribution in [-0.4, -0.2) is 6.61 Å². The maximum absolute atomic E-state index is 4.93. The summed E-state index contributed by atoms with van der Waals surface area (Å²) in [4.78, 5) is 0. The first-order valence-corrected chi connectivity index (χ1v) is 3.14. The number of ether oxygens (including phenoxy) is 1. The Bertz CT molecular complexity index is 92.7. The molecule has 0 unspecified atom stereocenters. The van der Waals surface area contributed by atoms with Crippen LogP contribution >= 0.6 is 0 Å². The highest BCUT2D eigenvalue weighted by Gasteiger charge is 1.72. The maximum Gasteiger partial charge on any atom is 0.106 e. The Labute approximate surface area is 57.0 Å². The molecule has 0 aliphatic carbocycles. The highest BCUT2D eigenvalue weighted by molar-refractivity contribution is 5.04. The van der Waals surface area contributed by atoms with Crippen LogP contribution in [0.3, 0.4) is 0 Å². The van der Waals surface area contributed by atoms with Crippen molar-refractivity contribution in [3.63, 3.8) is 0 Å². The zero-order valence-electron chi connectivity index (χ0n) is 6.00. The van der Waals surface area contributed by atoms with Gasteiger partial charge in [0.15, 0.2) is 0 Å². The summed E-state index contributed by atoms with van der Waals surface area (Å²) in [7, 11) is 0. The first-order valence-electron chi connectivity index (χ1n) is 3.14. The second kappa shape index (κ2) is 7.44. The molecule has 1 nitrogen and oxygen atoms in total. The third-order valence-electron chi connectivity index (χ3n) is 0.756. The van der Waals surface area contributed by atoms with Crippen molar-refractivity contribution in [2.75, 3.05) is 6.61 Å².